The number of nitrogens with zero attached hydrogens (tertiary/aromatic N) is 2. The van der Waals surface area contributed by atoms with Crippen LogP contribution in [0.2, 0.25) is 0 Å². The molecule has 4 nitrogen and oxygen atoms in total. The van der Waals surface area contributed by atoms with E-state index in [2.05, 4.69) is 34.3 Å². The molecule has 5 rings (SSSR count). The van der Waals surface area contributed by atoms with Crippen molar-refractivity contribution in [1.29, 1.82) is 0 Å². The van der Waals surface area contributed by atoms with Crippen molar-refractivity contribution in [2.24, 2.45) is 5.92 Å². The molecule has 1 atom stereocenters. The third-order valence-electron chi connectivity index (χ3n) is 4.60. The van der Waals surface area contributed by atoms with Gasteiger partial charge in [0.25, 0.3) is 0 Å². The van der Waals surface area contributed by atoms with Gasteiger partial charge >= 0.3 is 0 Å². The largest absolute Gasteiger partial charge is 0.444 e. The van der Waals surface area contributed by atoms with E-state index in [0.717, 1.165) is 40.3 Å². The lowest BCUT2D eigenvalue weighted by Gasteiger charge is -2.11. The van der Waals surface area contributed by atoms with Gasteiger partial charge in [0.15, 0.2) is 17.4 Å². The Balaban J connectivity index is 1.45. The lowest BCUT2D eigenvalue weighted by Crippen LogP contribution is -2.27. The fourth-order valence-electron chi connectivity index (χ4n) is 3.33. The van der Waals surface area contributed by atoms with Gasteiger partial charge in [-0.15, -0.1) is 0 Å². The Morgan fingerprint density at radius 1 is 1.08 bits per heavy atom. The van der Waals surface area contributed by atoms with Gasteiger partial charge in [-0.25, -0.2) is 9.97 Å². The minimum Gasteiger partial charge on any atom is -0.444 e. The van der Waals surface area contributed by atoms with Crippen LogP contribution in [0.25, 0.3) is 34.7 Å². The van der Waals surface area contributed by atoms with Gasteiger partial charge in [-0.05, 0) is 54.7 Å². The molecule has 1 aliphatic carbocycles. The fraction of sp³-hybridized carbons (Fsp3) is 0.143. The second-order valence-corrected chi connectivity index (χ2v) is 6.36. The van der Waals surface area contributed by atoms with Crippen LogP contribution in [-0.4, -0.2) is 9.97 Å². The smallest absolute Gasteiger partial charge is 0.227 e. The summed E-state index contributed by atoms with van der Waals surface area (Å²) in [5.41, 5.74) is 4.83. The van der Waals surface area contributed by atoms with Gasteiger partial charge in [-0.3, -0.25) is 0 Å². The van der Waals surface area contributed by atoms with Crippen LogP contribution in [0.15, 0.2) is 63.8 Å². The molecule has 1 unspecified atom stereocenters. The number of rotatable bonds is 3. The predicted octanol–water partition coefficient (Wildman–Crippen LogP) is 3.31. The molecule has 4 heteroatoms. The average Bonchev–Trinajstić information content (AvgIpc) is 3.28. The van der Waals surface area contributed by atoms with Gasteiger partial charge < -0.3 is 8.83 Å². The number of hydrogen-bond donors (Lipinski definition) is 0. The highest BCUT2D eigenvalue weighted by Crippen LogP contribution is 2.26. The van der Waals surface area contributed by atoms with E-state index in [0.29, 0.717) is 11.8 Å². The number of benzene rings is 2. The molecule has 0 amide bonds. The zero-order valence-corrected chi connectivity index (χ0v) is 13.6. The summed E-state index contributed by atoms with van der Waals surface area (Å²) in [6.07, 6.45) is 7.73. The van der Waals surface area contributed by atoms with E-state index >= 15 is 0 Å². The average molecular weight is 328 g/mol. The highest BCUT2D eigenvalue weighted by Gasteiger charge is 2.13. The van der Waals surface area contributed by atoms with Crippen molar-refractivity contribution >= 4 is 23.3 Å². The summed E-state index contributed by atoms with van der Waals surface area (Å²) in [5, 5.41) is 0.953. The van der Waals surface area contributed by atoms with Crippen LogP contribution in [0.4, 0.5) is 0 Å². The molecule has 2 aromatic carbocycles. The summed E-state index contributed by atoms with van der Waals surface area (Å²) < 4.78 is 11.4. The van der Waals surface area contributed by atoms with Crippen molar-refractivity contribution in [1.82, 2.24) is 9.97 Å². The van der Waals surface area contributed by atoms with Crippen LogP contribution in [-0.2, 0) is 6.42 Å². The standard InChI is InChI=1S/C21H16N2O2/c1-2-4-16(5-3-1)21-23-18-9-7-15(12-20(18)25-21)10-14-6-8-17-19(11-14)24-13-22-17/h1-5,7-9,11-14H,6,10H2. The third-order valence-corrected chi connectivity index (χ3v) is 4.60. The second-order valence-electron chi connectivity index (χ2n) is 6.36. The van der Waals surface area contributed by atoms with E-state index in [-0.39, 0.29) is 0 Å². The van der Waals surface area contributed by atoms with Gasteiger partial charge in [0, 0.05) is 5.56 Å². The van der Waals surface area contributed by atoms with E-state index in [1.807, 2.05) is 36.4 Å². The molecule has 0 bridgehead atoms. The summed E-state index contributed by atoms with van der Waals surface area (Å²) in [7, 11) is 0. The van der Waals surface area contributed by atoms with Crippen molar-refractivity contribution < 1.29 is 8.83 Å². The fourth-order valence-corrected chi connectivity index (χ4v) is 3.33. The van der Waals surface area contributed by atoms with E-state index in [1.165, 1.54) is 12.0 Å². The van der Waals surface area contributed by atoms with Gasteiger partial charge in [-0.2, -0.15) is 0 Å². The van der Waals surface area contributed by atoms with Crippen LogP contribution in [0.1, 0.15) is 12.0 Å². The van der Waals surface area contributed by atoms with Crippen molar-refractivity contribution in [2.75, 3.05) is 0 Å². The summed E-state index contributed by atoms with van der Waals surface area (Å²) in [5.74, 6) is 1.08. The van der Waals surface area contributed by atoms with Crippen molar-refractivity contribution in [3.05, 3.63) is 71.3 Å². The normalized spacial score (nSPS) is 16.2. The summed E-state index contributed by atoms with van der Waals surface area (Å²) in [6, 6.07) is 16.2. The van der Waals surface area contributed by atoms with E-state index < -0.39 is 0 Å². The van der Waals surface area contributed by atoms with E-state index in [1.54, 1.807) is 0 Å². The molecule has 0 N–H and O–H groups in total. The number of aromatic nitrogens is 2. The zero-order valence-electron chi connectivity index (χ0n) is 13.6. The molecule has 122 valence electrons. The maximum Gasteiger partial charge on any atom is 0.227 e. The minimum absolute atomic E-state index is 0.411. The Bertz CT molecular complexity index is 1160. The first kappa shape index (κ1) is 14.2. The van der Waals surface area contributed by atoms with Gasteiger partial charge in [-0.1, -0.05) is 30.3 Å². The predicted molar refractivity (Wildman–Crippen MR) is 95.9 cm³/mol. The third kappa shape index (κ3) is 2.66. The molecule has 0 radical (unpaired) electrons. The Morgan fingerprint density at radius 2 is 2.00 bits per heavy atom. The van der Waals surface area contributed by atoms with Crippen LogP contribution in [0.5, 0.6) is 0 Å². The number of hydrogen-bond acceptors (Lipinski definition) is 4. The Hall–Kier alpha value is -3.14. The molecule has 1 aliphatic rings. The molecule has 0 saturated carbocycles. The number of oxazole rings is 2. The summed E-state index contributed by atoms with van der Waals surface area (Å²) >= 11 is 0. The highest BCUT2D eigenvalue weighted by atomic mass is 16.3. The number of fused-ring (bicyclic) bond motifs is 2. The van der Waals surface area contributed by atoms with E-state index in [9.17, 15) is 0 Å². The van der Waals surface area contributed by atoms with Crippen molar-refractivity contribution in [3.8, 4) is 11.5 Å². The molecule has 0 spiro atoms. The van der Waals surface area contributed by atoms with Crippen LogP contribution in [0.3, 0.4) is 0 Å². The Kier molecular flexibility index (Phi) is 3.27. The maximum atomic E-state index is 5.97. The molecule has 0 fully saturated rings. The van der Waals surface area contributed by atoms with Gasteiger partial charge in [0.1, 0.15) is 10.9 Å². The van der Waals surface area contributed by atoms with Crippen LogP contribution >= 0.6 is 0 Å². The monoisotopic (exact) mass is 328 g/mol. The Labute approximate surface area is 144 Å². The first-order valence-electron chi connectivity index (χ1n) is 8.41. The van der Waals surface area contributed by atoms with Crippen LogP contribution < -0.4 is 10.8 Å². The molecule has 0 aliphatic heterocycles. The highest BCUT2D eigenvalue weighted by molar-refractivity contribution is 5.77. The van der Waals surface area contributed by atoms with E-state index in [4.69, 9.17) is 8.83 Å². The molecule has 2 heterocycles. The van der Waals surface area contributed by atoms with Crippen molar-refractivity contribution in [2.45, 2.75) is 12.8 Å². The molecule has 2 aromatic heterocycles. The first-order chi connectivity index (χ1) is 12.3. The molecule has 4 aromatic rings. The second kappa shape index (κ2) is 5.74. The topological polar surface area (TPSA) is 52.1 Å². The summed E-state index contributed by atoms with van der Waals surface area (Å²) in [6.45, 7) is 0. The maximum absolute atomic E-state index is 5.97. The molecule has 0 saturated heterocycles. The summed E-state index contributed by atoms with van der Waals surface area (Å²) in [4.78, 5) is 8.78. The quantitative estimate of drug-likeness (QED) is 0.579. The zero-order chi connectivity index (χ0) is 16.6. The minimum atomic E-state index is 0.411. The van der Waals surface area contributed by atoms with Gasteiger partial charge in [0.05, 0.1) is 0 Å². The SMILES string of the molecule is C1=c2ncoc2=CC(Cc2ccc3nc(-c4ccccc4)oc3c2)C1. The molecular formula is C21H16N2O2. The first-order valence-corrected chi connectivity index (χ1v) is 8.41. The van der Waals surface area contributed by atoms with Crippen molar-refractivity contribution in [3.63, 3.8) is 0 Å². The lowest BCUT2D eigenvalue weighted by molar-refractivity contribution is 0.515. The van der Waals surface area contributed by atoms with Gasteiger partial charge in [0.2, 0.25) is 5.89 Å². The van der Waals surface area contributed by atoms with Crippen LogP contribution in [0, 0.1) is 5.92 Å². The lowest BCUT2D eigenvalue weighted by atomic mass is 9.93. The molecular weight excluding hydrogens is 312 g/mol. The molecule has 25 heavy (non-hydrogen) atoms. The Morgan fingerprint density at radius 3 is 2.92 bits per heavy atom.